The summed E-state index contributed by atoms with van der Waals surface area (Å²) in [5.74, 6) is -0.0546. The molecule has 1 atom stereocenters. The lowest BCUT2D eigenvalue weighted by Gasteiger charge is -2.36. The standard InChI is InChI=1S/C15H22FNO2/c1-17-14(15(19-3)8-4-5-9-15)11-6-7-13(18-2)12(16)10-11/h6-7,10,14,17H,4-5,8-9H2,1-3H3. The van der Waals surface area contributed by atoms with Crippen molar-refractivity contribution in [3.63, 3.8) is 0 Å². The largest absolute Gasteiger partial charge is 0.494 e. The minimum atomic E-state index is -0.329. The van der Waals surface area contributed by atoms with Crippen LogP contribution in [0.15, 0.2) is 18.2 Å². The third-order valence-corrected chi connectivity index (χ3v) is 4.18. The van der Waals surface area contributed by atoms with Crippen molar-refractivity contribution in [3.8, 4) is 5.75 Å². The number of methoxy groups -OCH3 is 2. The van der Waals surface area contributed by atoms with Crippen molar-refractivity contribution in [1.29, 1.82) is 0 Å². The fourth-order valence-electron chi connectivity index (χ4n) is 3.18. The van der Waals surface area contributed by atoms with Crippen LogP contribution >= 0.6 is 0 Å². The Kier molecular flexibility index (Phi) is 4.42. The predicted molar refractivity (Wildman–Crippen MR) is 73.0 cm³/mol. The van der Waals surface area contributed by atoms with E-state index in [1.165, 1.54) is 7.11 Å². The van der Waals surface area contributed by atoms with Crippen molar-refractivity contribution in [2.75, 3.05) is 21.3 Å². The Balaban J connectivity index is 2.33. The van der Waals surface area contributed by atoms with E-state index in [9.17, 15) is 4.39 Å². The lowest BCUT2D eigenvalue weighted by Crippen LogP contribution is -2.42. The summed E-state index contributed by atoms with van der Waals surface area (Å²) in [5.41, 5.74) is 0.681. The van der Waals surface area contributed by atoms with Crippen molar-refractivity contribution >= 4 is 0 Å². The zero-order valence-electron chi connectivity index (χ0n) is 11.8. The summed E-state index contributed by atoms with van der Waals surface area (Å²) in [6.45, 7) is 0. The van der Waals surface area contributed by atoms with Gasteiger partial charge in [0.25, 0.3) is 0 Å². The third kappa shape index (κ3) is 2.60. The van der Waals surface area contributed by atoms with E-state index in [0.717, 1.165) is 31.2 Å². The van der Waals surface area contributed by atoms with Crippen LogP contribution in [0.1, 0.15) is 37.3 Å². The second-order valence-electron chi connectivity index (χ2n) is 5.09. The Hall–Kier alpha value is -1.13. The number of hydrogen-bond acceptors (Lipinski definition) is 3. The molecule has 0 bridgehead atoms. The van der Waals surface area contributed by atoms with Crippen LogP contribution in [0.25, 0.3) is 0 Å². The van der Waals surface area contributed by atoms with E-state index >= 15 is 0 Å². The van der Waals surface area contributed by atoms with Crippen LogP contribution in [-0.2, 0) is 4.74 Å². The number of halogens is 1. The molecule has 3 nitrogen and oxygen atoms in total. The molecule has 0 aromatic heterocycles. The van der Waals surface area contributed by atoms with Gasteiger partial charge >= 0.3 is 0 Å². The highest BCUT2D eigenvalue weighted by Crippen LogP contribution is 2.42. The summed E-state index contributed by atoms with van der Waals surface area (Å²) >= 11 is 0. The van der Waals surface area contributed by atoms with Gasteiger partial charge in [-0.25, -0.2) is 4.39 Å². The molecule has 0 aliphatic heterocycles. The van der Waals surface area contributed by atoms with Gasteiger partial charge in [-0.05, 0) is 37.6 Å². The maximum atomic E-state index is 13.9. The first-order valence-electron chi connectivity index (χ1n) is 6.72. The van der Waals surface area contributed by atoms with Gasteiger partial charge in [-0.1, -0.05) is 18.9 Å². The molecule has 1 aromatic carbocycles. The molecule has 0 spiro atoms. The van der Waals surface area contributed by atoms with Gasteiger partial charge in [-0.3, -0.25) is 0 Å². The summed E-state index contributed by atoms with van der Waals surface area (Å²) in [4.78, 5) is 0. The summed E-state index contributed by atoms with van der Waals surface area (Å²) in [7, 11) is 5.11. The van der Waals surface area contributed by atoms with Crippen molar-refractivity contribution in [3.05, 3.63) is 29.6 Å². The Bertz CT molecular complexity index is 430. The van der Waals surface area contributed by atoms with Gasteiger partial charge in [0.1, 0.15) is 0 Å². The fourth-order valence-corrected chi connectivity index (χ4v) is 3.18. The molecule has 4 heteroatoms. The number of nitrogens with one attached hydrogen (secondary N) is 1. The van der Waals surface area contributed by atoms with Crippen LogP contribution in [0.3, 0.4) is 0 Å². The Morgan fingerprint density at radius 2 is 1.95 bits per heavy atom. The second kappa shape index (κ2) is 5.88. The predicted octanol–water partition coefficient (Wildman–Crippen LogP) is 3.05. The molecule has 1 aromatic rings. The lowest BCUT2D eigenvalue weighted by atomic mass is 9.86. The highest BCUT2D eigenvalue weighted by Gasteiger charge is 2.41. The van der Waals surface area contributed by atoms with Gasteiger partial charge in [0.05, 0.1) is 18.8 Å². The molecule has 0 amide bonds. The normalized spacial score (nSPS) is 19.4. The minimum absolute atomic E-state index is 0.000376. The summed E-state index contributed by atoms with van der Waals surface area (Å²) in [6, 6.07) is 5.12. The van der Waals surface area contributed by atoms with E-state index in [2.05, 4.69) is 5.32 Å². The number of likely N-dealkylation sites (N-methyl/N-ethyl adjacent to an activating group) is 1. The molecule has 0 heterocycles. The van der Waals surface area contributed by atoms with Crippen LogP contribution in [0.4, 0.5) is 4.39 Å². The minimum Gasteiger partial charge on any atom is -0.494 e. The second-order valence-corrected chi connectivity index (χ2v) is 5.09. The van der Waals surface area contributed by atoms with Crippen molar-refractivity contribution in [2.45, 2.75) is 37.3 Å². The summed E-state index contributed by atoms with van der Waals surface area (Å²) in [6.07, 6.45) is 4.32. The highest BCUT2D eigenvalue weighted by molar-refractivity contribution is 5.32. The van der Waals surface area contributed by atoms with E-state index < -0.39 is 0 Å². The monoisotopic (exact) mass is 267 g/mol. The molecule has 1 unspecified atom stereocenters. The van der Waals surface area contributed by atoms with Crippen LogP contribution in [0.5, 0.6) is 5.75 Å². The molecular weight excluding hydrogens is 245 g/mol. The number of rotatable bonds is 5. The molecule has 19 heavy (non-hydrogen) atoms. The van der Waals surface area contributed by atoms with Gasteiger partial charge in [0, 0.05) is 7.11 Å². The third-order valence-electron chi connectivity index (χ3n) is 4.18. The van der Waals surface area contributed by atoms with E-state index in [1.54, 1.807) is 19.2 Å². The molecule has 0 radical (unpaired) electrons. The zero-order chi connectivity index (χ0) is 13.9. The first-order chi connectivity index (χ1) is 9.16. The maximum Gasteiger partial charge on any atom is 0.165 e. The SMILES string of the molecule is CNC(c1ccc(OC)c(F)c1)C1(OC)CCCC1. The van der Waals surface area contributed by atoms with Gasteiger partial charge < -0.3 is 14.8 Å². The van der Waals surface area contributed by atoms with Gasteiger partial charge in [0.2, 0.25) is 0 Å². The average molecular weight is 267 g/mol. The van der Waals surface area contributed by atoms with E-state index in [0.29, 0.717) is 0 Å². The van der Waals surface area contributed by atoms with Crippen LogP contribution in [0.2, 0.25) is 0 Å². The number of benzene rings is 1. The smallest absolute Gasteiger partial charge is 0.165 e. The molecule has 1 fully saturated rings. The molecule has 1 N–H and O–H groups in total. The number of ether oxygens (including phenoxy) is 2. The topological polar surface area (TPSA) is 30.5 Å². The summed E-state index contributed by atoms with van der Waals surface area (Å²) < 4.78 is 24.6. The molecule has 0 saturated heterocycles. The first-order valence-corrected chi connectivity index (χ1v) is 6.72. The molecular formula is C15H22FNO2. The van der Waals surface area contributed by atoms with E-state index in [1.807, 2.05) is 13.1 Å². The van der Waals surface area contributed by atoms with E-state index in [4.69, 9.17) is 9.47 Å². The molecule has 1 aliphatic rings. The van der Waals surface area contributed by atoms with Crippen molar-refractivity contribution < 1.29 is 13.9 Å². The lowest BCUT2D eigenvalue weighted by molar-refractivity contribution is -0.0349. The quantitative estimate of drug-likeness (QED) is 0.889. The molecule has 1 aliphatic carbocycles. The first kappa shape index (κ1) is 14.3. The molecule has 1 saturated carbocycles. The fraction of sp³-hybridized carbons (Fsp3) is 0.600. The van der Waals surface area contributed by atoms with Crippen molar-refractivity contribution in [2.24, 2.45) is 0 Å². The average Bonchev–Trinajstić information content (AvgIpc) is 2.90. The number of hydrogen-bond donors (Lipinski definition) is 1. The van der Waals surface area contributed by atoms with Gasteiger partial charge in [-0.15, -0.1) is 0 Å². The zero-order valence-corrected chi connectivity index (χ0v) is 11.8. The van der Waals surface area contributed by atoms with Crippen LogP contribution in [0, 0.1) is 5.82 Å². The molecule has 106 valence electrons. The van der Waals surface area contributed by atoms with Gasteiger partial charge in [-0.2, -0.15) is 0 Å². The van der Waals surface area contributed by atoms with E-state index in [-0.39, 0.29) is 23.2 Å². The highest BCUT2D eigenvalue weighted by atomic mass is 19.1. The summed E-state index contributed by atoms with van der Waals surface area (Å²) in [5, 5.41) is 3.28. The Labute approximate surface area is 114 Å². The van der Waals surface area contributed by atoms with Crippen LogP contribution < -0.4 is 10.1 Å². The van der Waals surface area contributed by atoms with Crippen LogP contribution in [-0.4, -0.2) is 26.9 Å². The Morgan fingerprint density at radius 1 is 1.26 bits per heavy atom. The van der Waals surface area contributed by atoms with Crippen molar-refractivity contribution in [1.82, 2.24) is 5.32 Å². The molecule has 2 rings (SSSR count). The Morgan fingerprint density at radius 3 is 2.42 bits per heavy atom. The van der Waals surface area contributed by atoms with Gasteiger partial charge in [0.15, 0.2) is 11.6 Å². The maximum absolute atomic E-state index is 13.9.